The molecule has 3 nitrogen and oxygen atoms in total. The summed E-state index contributed by atoms with van der Waals surface area (Å²) in [6.07, 6.45) is 0.196. The Hall–Kier alpha value is -1.37. The van der Waals surface area contributed by atoms with Crippen molar-refractivity contribution in [3.8, 4) is 6.07 Å². The monoisotopic (exact) mass is 247 g/mol. The van der Waals surface area contributed by atoms with Crippen LogP contribution in [0.2, 0.25) is 0 Å². The topological polar surface area (TPSA) is 53.2 Å². The van der Waals surface area contributed by atoms with Crippen molar-refractivity contribution in [3.63, 3.8) is 0 Å². The Labute approximate surface area is 109 Å². The molecule has 98 valence electrons. The van der Waals surface area contributed by atoms with Crippen LogP contribution in [0.1, 0.15) is 32.8 Å². The zero-order chi connectivity index (χ0) is 13.6. The maximum absolute atomic E-state index is 9.51. The first-order valence-corrected chi connectivity index (χ1v) is 6.34. The number of aliphatic hydroxyl groups is 1. The van der Waals surface area contributed by atoms with Gasteiger partial charge in [-0.25, -0.2) is 0 Å². The summed E-state index contributed by atoms with van der Waals surface area (Å²) in [5, 5.41) is 18.9. The molecule has 1 N–H and O–H groups in total. The van der Waals surface area contributed by atoms with Gasteiger partial charge in [0.05, 0.1) is 18.3 Å². The van der Waals surface area contributed by atoms with Crippen LogP contribution in [-0.2, 0) is 11.2 Å². The molecule has 18 heavy (non-hydrogen) atoms. The molecule has 0 heterocycles. The summed E-state index contributed by atoms with van der Waals surface area (Å²) < 4.78 is 5.79. The molecular weight excluding hydrogens is 226 g/mol. The lowest BCUT2D eigenvalue weighted by atomic mass is 9.92. The highest BCUT2D eigenvalue weighted by Gasteiger charge is 2.32. The maximum atomic E-state index is 9.51. The third kappa shape index (κ3) is 3.83. The van der Waals surface area contributed by atoms with E-state index in [1.807, 2.05) is 37.3 Å². The third-order valence-corrected chi connectivity index (χ3v) is 3.20. The zero-order valence-electron chi connectivity index (χ0n) is 11.3. The van der Waals surface area contributed by atoms with Gasteiger partial charge < -0.3 is 9.84 Å². The summed E-state index contributed by atoms with van der Waals surface area (Å²) in [4.78, 5) is 0. The average Bonchev–Trinajstić information content (AvgIpc) is 2.38. The van der Waals surface area contributed by atoms with E-state index in [4.69, 9.17) is 4.74 Å². The molecule has 3 unspecified atom stereocenters. The standard InChI is InChI=1S/C15H21NO2/c1-4-15(11-16,18-13(3)12(2)17)10-14-8-6-5-7-9-14/h5-9,12-13,17H,4,10H2,1-3H3. The van der Waals surface area contributed by atoms with Crippen LogP contribution >= 0.6 is 0 Å². The summed E-state index contributed by atoms with van der Waals surface area (Å²) in [5.41, 5.74) is 0.205. The Morgan fingerprint density at radius 3 is 2.39 bits per heavy atom. The number of aliphatic hydroxyl groups excluding tert-OH is 1. The van der Waals surface area contributed by atoms with E-state index in [1.165, 1.54) is 0 Å². The van der Waals surface area contributed by atoms with Crippen molar-refractivity contribution in [1.29, 1.82) is 5.26 Å². The molecule has 0 aromatic heterocycles. The SMILES string of the molecule is CCC(C#N)(Cc1ccccc1)OC(C)C(C)O. The number of benzene rings is 1. The maximum Gasteiger partial charge on any atom is 0.158 e. The van der Waals surface area contributed by atoms with Gasteiger partial charge in [0.25, 0.3) is 0 Å². The van der Waals surface area contributed by atoms with Crippen LogP contribution < -0.4 is 0 Å². The summed E-state index contributed by atoms with van der Waals surface area (Å²) in [6, 6.07) is 12.1. The molecule has 0 spiro atoms. The highest BCUT2D eigenvalue weighted by atomic mass is 16.5. The molecule has 1 aromatic carbocycles. The largest absolute Gasteiger partial charge is 0.391 e. The van der Waals surface area contributed by atoms with Crippen molar-refractivity contribution in [3.05, 3.63) is 35.9 Å². The summed E-state index contributed by atoms with van der Waals surface area (Å²) in [6.45, 7) is 5.39. The van der Waals surface area contributed by atoms with Crippen molar-refractivity contribution < 1.29 is 9.84 Å². The highest BCUT2D eigenvalue weighted by Crippen LogP contribution is 2.24. The van der Waals surface area contributed by atoms with Gasteiger partial charge in [0.2, 0.25) is 0 Å². The Morgan fingerprint density at radius 2 is 1.94 bits per heavy atom. The molecule has 0 fully saturated rings. The van der Waals surface area contributed by atoms with Crippen molar-refractivity contribution in [2.75, 3.05) is 0 Å². The molecule has 0 bridgehead atoms. The quantitative estimate of drug-likeness (QED) is 0.841. The Balaban J connectivity index is 2.84. The smallest absolute Gasteiger partial charge is 0.158 e. The van der Waals surface area contributed by atoms with Crippen LogP contribution in [0.4, 0.5) is 0 Å². The average molecular weight is 247 g/mol. The molecule has 3 atom stereocenters. The highest BCUT2D eigenvalue weighted by molar-refractivity contribution is 5.20. The lowest BCUT2D eigenvalue weighted by Gasteiger charge is -2.30. The number of hydrogen-bond donors (Lipinski definition) is 1. The predicted octanol–water partition coefficient (Wildman–Crippen LogP) is 2.69. The van der Waals surface area contributed by atoms with Crippen LogP contribution in [0, 0.1) is 11.3 Å². The van der Waals surface area contributed by atoms with E-state index >= 15 is 0 Å². The first kappa shape index (κ1) is 14.7. The van der Waals surface area contributed by atoms with Crippen LogP contribution in [0.3, 0.4) is 0 Å². The molecule has 1 rings (SSSR count). The fourth-order valence-electron chi connectivity index (χ4n) is 1.77. The normalized spacial score (nSPS) is 17.5. The van der Waals surface area contributed by atoms with Gasteiger partial charge in [0, 0.05) is 6.42 Å². The Morgan fingerprint density at radius 1 is 1.33 bits per heavy atom. The number of hydrogen-bond acceptors (Lipinski definition) is 3. The zero-order valence-corrected chi connectivity index (χ0v) is 11.3. The van der Waals surface area contributed by atoms with Gasteiger partial charge in [-0.15, -0.1) is 0 Å². The summed E-state index contributed by atoms with van der Waals surface area (Å²) in [7, 11) is 0. The molecule has 1 aromatic rings. The van der Waals surface area contributed by atoms with Gasteiger partial charge in [-0.3, -0.25) is 0 Å². The molecule has 0 amide bonds. The number of ether oxygens (including phenoxy) is 1. The van der Waals surface area contributed by atoms with Crippen molar-refractivity contribution in [2.45, 2.75) is 51.4 Å². The molecular formula is C15H21NO2. The van der Waals surface area contributed by atoms with Crippen molar-refractivity contribution in [1.82, 2.24) is 0 Å². The molecule has 0 saturated carbocycles. The predicted molar refractivity (Wildman–Crippen MR) is 71.0 cm³/mol. The molecule has 0 aliphatic heterocycles. The summed E-state index contributed by atoms with van der Waals surface area (Å²) in [5.74, 6) is 0. The van der Waals surface area contributed by atoms with E-state index in [0.29, 0.717) is 12.8 Å². The van der Waals surface area contributed by atoms with Gasteiger partial charge in [-0.05, 0) is 25.8 Å². The second kappa shape index (κ2) is 6.53. The Kier molecular flexibility index (Phi) is 5.33. The molecule has 3 heteroatoms. The van der Waals surface area contributed by atoms with E-state index in [9.17, 15) is 10.4 Å². The second-order valence-electron chi connectivity index (χ2n) is 4.69. The fourth-order valence-corrected chi connectivity index (χ4v) is 1.77. The molecule has 0 radical (unpaired) electrons. The minimum Gasteiger partial charge on any atom is -0.391 e. The van der Waals surface area contributed by atoms with Crippen molar-refractivity contribution in [2.24, 2.45) is 0 Å². The number of rotatable bonds is 6. The second-order valence-corrected chi connectivity index (χ2v) is 4.69. The molecule has 0 aliphatic rings. The van der Waals surface area contributed by atoms with E-state index in [2.05, 4.69) is 6.07 Å². The van der Waals surface area contributed by atoms with Crippen LogP contribution in [0.5, 0.6) is 0 Å². The van der Waals surface area contributed by atoms with Gasteiger partial charge >= 0.3 is 0 Å². The minimum absolute atomic E-state index is 0.353. The van der Waals surface area contributed by atoms with E-state index in [1.54, 1.807) is 13.8 Å². The van der Waals surface area contributed by atoms with E-state index in [0.717, 1.165) is 5.56 Å². The summed E-state index contributed by atoms with van der Waals surface area (Å²) >= 11 is 0. The van der Waals surface area contributed by atoms with Crippen LogP contribution in [-0.4, -0.2) is 22.9 Å². The lowest BCUT2D eigenvalue weighted by molar-refractivity contribution is -0.0966. The first-order chi connectivity index (χ1) is 8.53. The van der Waals surface area contributed by atoms with E-state index in [-0.39, 0.29) is 6.10 Å². The molecule has 0 aliphatic carbocycles. The van der Waals surface area contributed by atoms with E-state index < -0.39 is 11.7 Å². The van der Waals surface area contributed by atoms with Crippen LogP contribution in [0.15, 0.2) is 30.3 Å². The van der Waals surface area contributed by atoms with Gasteiger partial charge in [0.1, 0.15) is 0 Å². The Bertz CT molecular complexity index is 397. The van der Waals surface area contributed by atoms with Gasteiger partial charge in [-0.2, -0.15) is 5.26 Å². The minimum atomic E-state index is -0.863. The first-order valence-electron chi connectivity index (χ1n) is 6.34. The lowest BCUT2D eigenvalue weighted by Crippen LogP contribution is -2.39. The fraction of sp³-hybridized carbons (Fsp3) is 0.533. The van der Waals surface area contributed by atoms with Crippen LogP contribution in [0.25, 0.3) is 0 Å². The van der Waals surface area contributed by atoms with Gasteiger partial charge in [0.15, 0.2) is 5.60 Å². The van der Waals surface area contributed by atoms with Crippen molar-refractivity contribution >= 4 is 0 Å². The number of nitriles is 1. The molecule has 0 saturated heterocycles. The number of nitrogens with zero attached hydrogens (tertiary/aromatic N) is 1. The third-order valence-electron chi connectivity index (χ3n) is 3.20. The van der Waals surface area contributed by atoms with Gasteiger partial charge in [-0.1, -0.05) is 37.3 Å².